The highest BCUT2D eigenvalue weighted by Gasteiger charge is 2.46. The minimum Gasteiger partial charge on any atom is -0.465 e. The van der Waals surface area contributed by atoms with Crippen molar-refractivity contribution in [1.82, 2.24) is 10.2 Å². The second kappa shape index (κ2) is 1.85. The van der Waals surface area contributed by atoms with E-state index in [0.717, 1.165) is 13.0 Å². The molecular weight excluding hydrogens is 132 g/mol. The van der Waals surface area contributed by atoms with Crippen LogP contribution >= 0.6 is 0 Å². The molecule has 0 radical (unpaired) electrons. The van der Waals surface area contributed by atoms with Gasteiger partial charge in [0.1, 0.15) is 0 Å². The number of carbonyl (C=O) groups is 1. The fourth-order valence-electron chi connectivity index (χ4n) is 1.52. The Labute approximate surface area is 58.8 Å². The van der Waals surface area contributed by atoms with Gasteiger partial charge in [-0.3, -0.25) is 0 Å². The van der Waals surface area contributed by atoms with E-state index in [1.807, 2.05) is 0 Å². The molecule has 1 heterocycles. The summed E-state index contributed by atoms with van der Waals surface area (Å²) in [4.78, 5) is 12.0. The number of amides is 1. The van der Waals surface area contributed by atoms with Gasteiger partial charge in [-0.25, -0.2) is 4.79 Å². The fourth-order valence-corrected chi connectivity index (χ4v) is 1.52. The van der Waals surface area contributed by atoms with E-state index in [9.17, 15) is 4.79 Å². The zero-order valence-corrected chi connectivity index (χ0v) is 5.58. The van der Waals surface area contributed by atoms with Gasteiger partial charge < -0.3 is 15.3 Å². The minimum absolute atomic E-state index is 0.284. The molecule has 4 heteroatoms. The zero-order valence-electron chi connectivity index (χ0n) is 5.58. The second-order valence-corrected chi connectivity index (χ2v) is 2.84. The highest BCUT2D eigenvalue weighted by molar-refractivity contribution is 5.66. The molecule has 10 heavy (non-hydrogen) atoms. The maximum Gasteiger partial charge on any atom is 0.407 e. The third-order valence-corrected chi connectivity index (χ3v) is 2.16. The summed E-state index contributed by atoms with van der Waals surface area (Å²) in [7, 11) is 0. The number of nitrogens with one attached hydrogen (secondary N) is 1. The molecule has 0 unspecified atom stereocenters. The number of carboxylic acid groups (broad SMARTS) is 1. The summed E-state index contributed by atoms with van der Waals surface area (Å²) < 4.78 is 0. The van der Waals surface area contributed by atoms with Gasteiger partial charge in [0.2, 0.25) is 0 Å². The first kappa shape index (κ1) is 5.97. The predicted octanol–water partition coefficient (Wildman–Crippen LogP) is -0.290. The SMILES string of the molecule is O=C(O)N1CCN[C@H]2C[C@H]21. The number of rotatable bonds is 0. The van der Waals surface area contributed by atoms with Crippen molar-refractivity contribution in [2.24, 2.45) is 0 Å². The summed E-state index contributed by atoms with van der Waals surface area (Å²) in [5.41, 5.74) is 0. The molecule has 1 aliphatic heterocycles. The Morgan fingerprint density at radius 1 is 1.70 bits per heavy atom. The first-order valence-electron chi connectivity index (χ1n) is 3.52. The fraction of sp³-hybridized carbons (Fsp3) is 0.833. The summed E-state index contributed by atoms with van der Waals surface area (Å²) in [6.45, 7) is 1.46. The van der Waals surface area contributed by atoms with Crippen LogP contribution < -0.4 is 5.32 Å². The summed E-state index contributed by atoms with van der Waals surface area (Å²) in [5, 5.41) is 11.9. The van der Waals surface area contributed by atoms with E-state index in [2.05, 4.69) is 5.32 Å². The van der Waals surface area contributed by atoms with E-state index in [-0.39, 0.29) is 6.04 Å². The zero-order chi connectivity index (χ0) is 7.14. The van der Waals surface area contributed by atoms with Crippen molar-refractivity contribution in [3.63, 3.8) is 0 Å². The van der Waals surface area contributed by atoms with Gasteiger partial charge in [0, 0.05) is 19.1 Å². The van der Waals surface area contributed by atoms with Gasteiger partial charge in [-0.15, -0.1) is 0 Å². The Bertz CT molecular complexity index is 171. The second-order valence-electron chi connectivity index (χ2n) is 2.84. The van der Waals surface area contributed by atoms with E-state index in [1.165, 1.54) is 4.90 Å². The van der Waals surface area contributed by atoms with Gasteiger partial charge in [-0.05, 0) is 6.42 Å². The van der Waals surface area contributed by atoms with Crippen LogP contribution in [-0.2, 0) is 0 Å². The topological polar surface area (TPSA) is 52.6 Å². The monoisotopic (exact) mass is 142 g/mol. The average molecular weight is 142 g/mol. The Hall–Kier alpha value is -0.770. The molecule has 56 valence electrons. The molecule has 2 aliphatic rings. The lowest BCUT2D eigenvalue weighted by atomic mass is 10.4. The van der Waals surface area contributed by atoms with Crippen LogP contribution in [0, 0.1) is 0 Å². The van der Waals surface area contributed by atoms with Crippen molar-refractivity contribution in [3.05, 3.63) is 0 Å². The summed E-state index contributed by atoms with van der Waals surface area (Å²) in [5.74, 6) is 0. The molecule has 2 atom stereocenters. The summed E-state index contributed by atoms with van der Waals surface area (Å²) in [6, 6.07) is 0.746. The van der Waals surface area contributed by atoms with E-state index in [0.29, 0.717) is 12.6 Å². The number of piperazine rings is 1. The van der Waals surface area contributed by atoms with Gasteiger partial charge in [0.25, 0.3) is 0 Å². The lowest BCUT2D eigenvalue weighted by Crippen LogP contribution is -2.45. The van der Waals surface area contributed by atoms with Crippen molar-refractivity contribution in [2.75, 3.05) is 13.1 Å². The molecule has 1 aliphatic carbocycles. The normalized spacial score (nSPS) is 37.0. The van der Waals surface area contributed by atoms with Crippen LogP contribution in [0.5, 0.6) is 0 Å². The molecule has 0 spiro atoms. The van der Waals surface area contributed by atoms with E-state index >= 15 is 0 Å². The number of hydrogen-bond acceptors (Lipinski definition) is 2. The molecule has 1 saturated heterocycles. The van der Waals surface area contributed by atoms with Gasteiger partial charge in [0.15, 0.2) is 0 Å². The Morgan fingerprint density at radius 2 is 2.50 bits per heavy atom. The molecular formula is C6H10N2O2. The molecule has 2 N–H and O–H groups in total. The smallest absolute Gasteiger partial charge is 0.407 e. The molecule has 0 aromatic rings. The van der Waals surface area contributed by atoms with Crippen LogP contribution in [0.2, 0.25) is 0 Å². The Morgan fingerprint density at radius 3 is 3.10 bits per heavy atom. The van der Waals surface area contributed by atoms with E-state index in [4.69, 9.17) is 5.11 Å². The van der Waals surface area contributed by atoms with Crippen molar-refractivity contribution >= 4 is 6.09 Å². The van der Waals surface area contributed by atoms with Crippen LogP contribution in [0.15, 0.2) is 0 Å². The van der Waals surface area contributed by atoms with Gasteiger partial charge >= 0.3 is 6.09 Å². The number of nitrogens with zero attached hydrogens (tertiary/aromatic N) is 1. The Balaban J connectivity index is 2.02. The highest BCUT2D eigenvalue weighted by atomic mass is 16.4. The van der Waals surface area contributed by atoms with E-state index < -0.39 is 6.09 Å². The quantitative estimate of drug-likeness (QED) is 0.488. The van der Waals surface area contributed by atoms with Crippen LogP contribution in [0.1, 0.15) is 6.42 Å². The minimum atomic E-state index is -0.769. The van der Waals surface area contributed by atoms with Gasteiger partial charge in [-0.2, -0.15) is 0 Å². The van der Waals surface area contributed by atoms with Crippen molar-refractivity contribution in [2.45, 2.75) is 18.5 Å². The first-order valence-corrected chi connectivity index (χ1v) is 3.52. The molecule has 1 saturated carbocycles. The molecule has 0 aromatic carbocycles. The third kappa shape index (κ3) is 0.759. The maximum absolute atomic E-state index is 10.5. The predicted molar refractivity (Wildman–Crippen MR) is 34.9 cm³/mol. The number of fused-ring (bicyclic) bond motifs is 1. The average Bonchev–Trinajstić information content (AvgIpc) is 2.63. The van der Waals surface area contributed by atoms with Crippen molar-refractivity contribution in [1.29, 1.82) is 0 Å². The highest BCUT2D eigenvalue weighted by Crippen LogP contribution is 2.30. The van der Waals surface area contributed by atoms with Crippen LogP contribution in [0.3, 0.4) is 0 Å². The molecule has 2 rings (SSSR count). The summed E-state index contributed by atoms with van der Waals surface area (Å²) in [6.07, 6.45) is 0.237. The van der Waals surface area contributed by atoms with Crippen molar-refractivity contribution in [3.8, 4) is 0 Å². The van der Waals surface area contributed by atoms with E-state index in [1.54, 1.807) is 0 Å². The van der Waals surface area contributed by atoms with Crippen molar-refractivity contribution < 1.29 is 9.90 Å². The molecule has 2 fully saturated rings. The van der Waals surface area contributed by atoms with Crippen LogP contribution in [0.25, 0.3) is 0 Å². The maximum atomic E-state index is 10.5. The standard InChI is InChI=1S/C6H10N2O2/c9-6(10)8-2-1-7-4-3-5(4)8/h4-5,7H,1-3H2,(H,9,10)/t4-,5+/m0/s1. The molecule has 1 amide bonds. The van der Waals surface area contributed by atoms with Crippen LogP contribution in [0.4, 0.5) is 4.79 Å². The number of hydrogen-bond donors (Lipinski definition) is 2. The largest absolute Gasteiger partial charge is 0.465 e. The lowest BCUT2D eigenvalue weighted by Gasteiger charge is -2.23. The third-order valence-electron chi connectivity index (χ3n) is 2.16. The Kier molecular flexibility index (Phi) is 1.11. The lowest BCUT2D eigenvalue weighted by molar-refractivity contribution is 0.135. The molecule has 0 bridgehead atoms. The van der Waals surface area contributed by atoms with Gasteiger partial charge in [0.05, 0.1) is 6.04 Å². The first-order chi connectivity index (χ1) is 4.79. The van der Waals surface area contributed by atoms with Gasteiger partial charge in [-0.1, -0.05) is 0 Å². The molecule has 0 aromatic heterocycles. The molecule has 4 nitrogen and oxygen atoms in total. The van der Waals surface area contributed by atoms with Crippen LogP contribution in [-0.4, -0.2) is 41.3 Å². The summed E-state index contributed by atoms with van der Waals surface area (Å²) >= 11 is 0.